The molecule has 2 aliphatic rings. The molecule has 0 atom stereocenters. The Kier molecular flexibility index (Phi) is 10.5. The summed E-state index contributed by atoms with van der Waals surface area (Å²) in [5.74, 6) is 3.71. The summed E-state index contributed by atoms with van der Waals surface area (Å²) in [5, 5.41) is 2.56. The predicted octanol–water partition coefficient (Wildman–Crippen LogP) is 14.3. The van der Waals surface area contributed by atoms with Crippen LogP contribution >= 0.6 is 0 Å². The van der Waals surface area contributed by atoms with Gasteiger partial charge in [-0.25, -0.2) is 29.9 Å². The van der Waals surface area contributed by atoms with Crippen molar-refractivity contribution in [2.75, 3.05) is 0 Å². The molecule has 6 aromatic carbocycles. The van der Waals surface area contributed by atoms with Crippen LogP contribution in [0.5, 0.6) is 0 Å². The van der Waals surface area contributed by atoms with Gasteiger partial charge >= 0.3 is 0 Å². The van der Waals surface area contributed by atoms with E-state index in [1.54, 1.807) is 24.8 Å². The van der Waals surface area contributed by atoms with E-state index in [0.717, 1.165) is 70.4 Å². The van der Waals surface area contributed by atoms with Crippen LogP contribution in [0.25, 0.3) is 125 Å². The van der Waals surface area contributed by atoms with Gasteiger partial charge in [0.1, 0.15) is 0 Å². The monoisotopic (exact) mass is 952 g/mol. The fourth-order valence-corrected chi connectivity index (χ4v) is 10.6. The fraction of sp³-hybridized carbons (Fsp3) is 0.0625. The van der Waals surface area contributed by atoms with Crippen LogP contribution in [-0.4, -0.2) is 49.0 Å². The third-order valence-corrected chi connectivity index (χ3v) is 14.2. The molecule has 6 heterocycles. The van der Waals surface area contributed by atoms with Gasteiger partial charge in [0.05, 0.1) is 11.0 Å². The second-order valence-corrected chi connectivity index (χ2v) is 18.7. The van der Waals surface area contributed by atoms with Gasteiger partial charge in [0.2, 0.25) is 0 Å². The molecule has 0 saturated heterocycles. The highest BCUT2D eigenvalue weighted by molar-refractivity contribution is 5.97. The Morgan fingerprint density at radius 3 is 1.00 bits per heavy atom. The number of aromatic nitrogens is 10. The molecular formula is C64H44N10. The molecule has 12 aromatic rings. The maximum absolute atomic E-state index is 4.98. The van der Waals surface area contributed by atoms with Crippen molar-refractivity contribution in [2.45, 2.75) is 25.7 Å². The standard InChI is InChI=1S/C64H44N10/c1-3-11-41(12-4-1)59-67-61(71-63(69-59)45-31-35-65-36-32-45)43-19-25-49(26-20-43)73-55-17-9-7-15-51(55)53-39-47(23-29-57(53)73)48-24-30-58-54(40-48)52-16-8-10-18-56(52)74(58)50-27-21-44(22-28-50)62-68-60(42-13-5-2-6-14-42)70-64(72-62)46-33-37-66-38-34-46/h1-6,9-14,17-40H,7-8,15-16H2. The lowest BCUT2D eigenvalue weighted by atomic mass is 9.96. The molecule has 0 unspecified atom stereocenters. The molecule has 0 amide bonds. The lowest BCUT2D eigenvalue weighted by Crippen LogP contribution is -2.02. The molecule has 10 heteroatoms. The first-order valence-electron chi connectivity index (χ1n) is 25.0. The van der Waals surface area contributed by atoms with Gasteiger partial charge in [-0.05, 0) is 157 Å². The molecule has 0 spiro atoms. The van der Waals surface area contributed by atoms with Gasteiger partial charge in [0.15, 0.2) is 34.9 Å². The summed E-state index contributed by atoms with van der Waals surface area (Å²) in [5.41, 5.74) is 17.6. The lowest BCUT2D eigenvalue weighted by Gasteiger charge is -2.13. The van der Waals surface area contributed by atoms with Crippen LogP contribution in [0.3, 0.4) is 0 Å². The Hall–Kier alpha value is -9.80. The van der Waals surface area contributed by atoms with Crippen LogP contribution in [0.15, 0.2) is 207 Å². The van der Waals surface area contributed by atoms with E-state index in [0.29, 0.717) is 34.9 Å². The second-order valence-electron chi connectivity index (χ2n) is 18.7. The number of fused-ring (bicyclic) bond motifs is 6. The third-order valence-electron chi connectivity index (χ3n) is 14.2. The van der Waals surface area contributed by atoms with Crippen LogP contribution < -0.4 is 0 Å². The summed E-state index contributed by atoms with van der Waals surface area (Å²) < 4.78 is 4.80. The molecule has 10 nitrogen and oxygen atoms in total. The SMILES string of the molecule is C1=Cc2c(c3cc(-c4ccc5c(c4)c4c(n5-c5ccc(-c6nc(-c7ccccc7)nc(-c7ccncc7)n6)cc5)C=CCC4)ccc3n2-c2ccc(-c3nc(-c4ccccc4)nc(-c4ccncc4)n3)cc2)CC1. The van der Waals surface area contributed by atoms with E-state index in [9.17, 15) is 0 Å². The summed E-state index contributed by atoms with van der Waals surface area (Å²) >= 11 is 0. The van der Waals surface area contributed by atoms with E-state index in [4.69, 9.17) is 29.9 Å². The number of aryl methyl sites for hydroxylation is 2. The molecule has 74 heavy (non-hydrogen) atoms. The highest BCUT2D eigenvalue weighted by atomic mass is 15.1. The number of benzene rings is 6. The van der Waals surface area contributed by atoms with Crippen LogP contribution in [-0.2, 0) is 12.8 Å². The molecule has 350 valence electrons. The van der Waals surface area contributed by atoms with Crippen LogP contribution in [0.2, 0.25) is 0 Å². The Labute approximate surface area is 426 Å². The largest absolute Gasteiger partial charge is 0.310 e. The van der Waals surface area contributed by atoms with Crippen molar-refractivity contribution < 1.29 is 0 Å². The summed E-state index contributed by atoms with van der Waals surface area (Å²) in [6.07, 6.45) is 20.2. The van der Waals surface area contributed by atoms with E-state index in [1.807, 2.05) is 84.9 Å². The molecule has 0 aliphatic heterocycles. The Morgan fingerprint density at radius 1 is 0.311 bits per heavy atom. The molecule has 0 N–H and O–H groups in total. The molecular weight excluding hydrogens is 909 g/mol. The van der Waals surface area contributed by atoms with Crippen molar-refractivity contribution in [2.24, 2.45) is 0 Å². The zero-order valence-corrected chi connectivity index (χ0v) is 40.1. The molecule has 14 rings (SSSR count). The number of hydrogen-bond acceptors (Lipinski definition) is 8. The Bertz CT molecular complexity index is 3760. The van der Waals surface area contributed by atoms with Crippen molar-refractivity contribution in [3.05, 3.63) is 229 Å². The van der Waals surface area contributed by atoms with E-state index in [2.05, 4.69) is 128 Å². The zero-order valence-electron chi connectivity index (χ0n) is 40.1. The molecule has 0 radical (unpaired) electrons. The normalized spacial score (nSPS) is 12.8. The number of rotatable bonds is 9. The van der Waals surface area contributed by atoms with E-state index < -0.39 is 0 Å². The minimum atomic E-state index is 0.609. The van der Waals surface area contributed by atoms with Crippen molar-refractivity contribution >= 4 is 34.0 Å². The summed E-state index contributed by atoms with van der Waals surface area (Å²) in [6, 6.07) is 59.0. The third kappa shape index (κ3) is 7.68. The fourth-order valence-electron chi connectivity index (χ4n) is 10.6. The average molecular weight is 953 g/mol. The average Bonchev–Trinajstić information content (AvgIpc) is 4.02. The van der Waals surface area contributed by atoms with Crippen molar-refractivity contribution in [1.82, 2.24) is 49.0 Å². The second kappa shape index (κ2) is 18.1. The molecule has 0 saturated carbocycles. The summed E-state index contributed by atoms with van der Waals surface area (Å²) in [7, 11) is 0. The number of allylic oxidation sites excluding steroid dienone is 2. The van der Waals surface area contributed by atoms with Gasteiger partial charge in [0.25, 0.3) is 0 Å². The molecule has 0 bridgehead atoms. The number of nitrogens with zero attached hydrogens (tertiary/aromatic N) is 10. The number of hydrogen-bond donors (Lipinski definition) is 0. The first kappa shape index (κ1) is 43.0. The quantitative estimate of drug-likeness (QED) is 0.141. The summed E-state index contributed by atoms with van der Waals surface area (Å²) in [6.45, 7) is 0. The first-order valence-corrected chi connectivity index (χ1v) is 25.0. The van der Waals surface area contributed by atoms with Gasteiger partial charge in [0, 0.05) is 91.7 Å². The van der Waals surface area contributed by atoms with Gasteiger partial charge in [-0.15, -0.1) is 0 Å². The Morgan fingerprint density at radius 2 is 0.635 bits per heavy atom. The van der Waals surface area contributed by atoms with E-state index in [1.165, 1.54) is 55.4 Å². The smallest absolute Gasteiger partial charge is 0.164 e. The minimum absolute atomic E-state index is 0.609. The minimum Gasteiger partial charge on any atom is -0.310 e. The molecule has 6 aromatic heterocycles. The van der Waals surface area contributed by atoms with Crippen molar-refractivity contribution in [1.29, 1.82) is 0 Å². The first-order chi connectivity index (χ1) is 36.7. The van der Waals surface area contributed by atoms with Crippen LogP contribution in [0, 0.1) is 0 Å². The maximum atomic E-state index is 4.98. The van der Waals surface area contributed by atoms with Crippen LogP contribution in [0.4, 0.5) is 0 Å². The van der Waals surface area contributed by atoms with E-state index >= 15 is 0 Å². The van der Waals surface area contributed by atoms with Crippen molar-refractivity contribution in [3.8, 4) is 90.8 Å². The van der Waals surface area contributed by atoms with Gasteiger partial charge in [-0.2, -0.15) is 0 Å². The van der Waals surface area contributed by atoms with Gasteiger partial charge < -0.3 is 9.13 Å². The highest BCUT2D eigenvalue weighted by Gasteiger charge is 2.23. The number of pyridine rings is 2. The highest BCUT2D eigenvalue weighted by Crippen LogP contribution is 2.40. The predicted molar refractivity (Wildman–Crippen MR) is 295 cm³/mol. The Balaban J connectivity index is 0.807. The van der Waals surface area contributed by atoms with Gasteiger partial charge in [-0.1, -0.05) is 84.9 Å². The maximum Gasteiger partial charge on any atom is 0.164 e. The van der Waals surface area contributed by atoms with E-state index in [-0.39, 0.29) is 0 Å². The van der Waals surface area contributed by atoms with Gasteiger partial charge in [-0.3, -0.25) is 9.97 Å². The lowest BCUT2D eigenvalue weighted by molar-refractivity contribution is 0.967. The van der Waals surface area contributed by atoms with Crippen molar-refractivity contribution in [3.63, 3.8) is 0 Å². The molecule has 2 aliphatic carbocycles. The zero-order chi connectivity index (χ0) is 49.0. The topological polar surface area (TPSA) is 113 Å². The summed E-state index contributed by atoms with van der Waals surface area (Å²) in [4.78, 5) is 38.1. The molecule has 0 fully saturated rings. The van der Waals surface area contributed by atoms with Crippen LogP contribution in [0.1, 0.15) is 35.4 Å².